The fourth-order valence-electron chi connectivity index (χ4n) is 2.33. The van der Waals surface area contributed by atoms with E-state index < -0.39 is 6.04 Å². The summed E-state index contributed by atoms with van der Waals surface area (Å²) in [5, 5.41) is 5.64. The van der Waals surface area contributed by atoms with Gasteiger partial charge in [-0.15, -0.1) is 0 Å². The first kappa shape index (κ1) is 18.0. The molecule has 0 bridgehead atoms. The fourth-order valence-corrected chi connectivity index (χ4v) is 2.33. The minimum Gasteiger partial charge on any atom is -0.496 e. The standard InChI is InChI=1S/C17H26N2O3/c1-10(2)16(19-13(5)20)17(21)18-12(4)14-9-11(3)7-8-15(14)22-6/h7-10,12,16H,1-6H3,(H,18,21)(H,19,20)/t12-,16+/m0/s1. The largest absolute Gasteiger partial charge is 0.496 e. The van der Waals surface area contributed by atoms with Crippen molar-refractivity contribution in [3.05, 3.63) is 29.3 Å². The zero-order valence-corrected chi connectivity index (χ0v) is 14.2. The van der Waals surface area contributed by atoms with Gasteiger partial charge in [-0.2, -0.15) is 0 Å². The van der Waals surface area contributed by atoms with E-state index in [0.29, 0.717) is 0 Å². The average Bonchev–Trinajstić information content (AvgIpc) is 2.43. The summed E-state index contributed by atoms with van der Waals surface area (Å²) in [4.78, 5) is 23.7. The number of carbonyl (C=O) groups excluding carboxylic acids is 2. The third-order valence-electron chi connectivity index (χ3n) is 3.52. The van der Waals surface area contributed by atoms with E-state index in [0.717, 1.165) is 16.9 Å². The fraction of sp³-hybridized carbons (Fsp3) is 0.529. The van der Waals surface area contributed by atoms with Gasteiger partial charge in [0.25, 0.3) is 0 Å². The molecule has 0 radical (unpaired) electrons. The molecule has 0 saturated heterocycles. The Hall–Kier alpha value is -2.04. The number of hydrogen-bond donors (Lipinski definition) is 2. The summed E-state index contributed by atoms with van der Waals surface area (Å²) < 4.78 is 5.35. The average molecular weight is 306 g/mol. The van der Waals surface area contributed by atoms with Gasteiger partial charge in [0.15, 0.2) is 0 Å². The van der Waals surface area contributed by atoms with Gasteiger partial charge in [0.05, 0.1) is 13.2 Å². The van der Waals surface area contributed by atoms with Crippen molar-refractivity contribution >= 4 is 11.8 Å². The molecule has 0 heterocycles. The summed E-state index contributed by atoms with van der Waals surface area (Å²) in [6.45, 7) is 9.11. The van der Waals surface area contributed by atoms with Crippen LogP contribution >= 0.6 is 0 Å². The molecule has 0 saturated carbocycles. The highest BCUT2D eigenvalue weighted by Crippen LogP contribution is 2.26. The van der Waals surface area contributed by atoms with Crippen LogP contribution in [0.15, 0.2) is 18.2 Å². The Labute approximate surface area is 132 Å². The first-order chi connectivity index (χ1) is 10.3. The number of benzene rings is 1. The zero-order chi connectivity index (χ0) is 16.9. The number of carbonyl (C=O) groups is 2. The van der Waals surface area contributed by atoms with Gasteiger partial charge in [-0.25, -0.2) is 0 Å². The third kappa shape index (κ3) is 4.76. The summed E-state index contributed by atoms with van der Waals surface area (Å²) in [6, 6.07) is 5.09. The Kier molecular flexibility index (Phi) is 6.40. The van der Waals surface area contributed by atoms with Gasteiger partial charge in [0, 0.05) is 12.5 Å². The minimum absolute atomic E-state index is 0.00973. The summed E-state index contributed by atoms with van der Waals surface area (Å²) in [5.41, 5.74) is 2.01. The SMILES string of the molecule is COc1ccc(C)cc1[C@H](C)NC(=O)[C@H](NC(C)=O)C(C)C. The van der Waals surface area contributed by atoms with Gasteiger partial charge in [-0.1, -0.05) is 31.5 Å². The van der Waals surface area contributed by atoms with Crippen molar-refractivity contribution in [1.82, 2.24) is 10.6 Å². The van der Waals surface area contributed by atoms with Crippen LogP contribution in [0.2, 0.25) is 0 Å². The van der Waals surface area contributed by atoms with Gasteiger partial charge in [0.1, 0.15) is 11.8 Å². The van der Waals surface area contributed by atoms with Crippen molar-refractivity contribution in [2.24, 2.45) is 5.92 Å². The molecule has 0 aliphatic heterocycles. The van der Waals surface area contributed by atoms with E-state index in [-0.39, 0.29) is 23.8 Å². The Morgan fingerprint density at radius 1 is 1.14 bits per heavy atom. The van der Waals surface area contributed by atoms with E-state index in [9.17, 15) is 9.59 Å². The minimum atomic E-state index is -0.546. The third-order valence-corrected chi connectivity index (χ3v) is 3.52. The first-order valence-electron chi connectivity index (χ1n) is 7.48. The summed E-state index contributed by atoms with van der Waals surface area (Å²) in [5.74, 6) is 0.338. The first-order valence-corrected chi connectivity index (χ1v) is 7.48. The summed E-state index contributed by atoms with van der Waals surface area (Å²) in [7, 11) is 1.61. The molecule has 0 aliphatic rings. The highest BCUT2D eigenvalue weighted by Gasteiger charge is 2.25. The number of hydrogen-bond acceptors (Lipinski definition) is 3. The molecule has 2 amide bonds. The van der Waals surface area contributed by atoms with Crippen LogP contribution in [0.4, 0.5) is 0 Å². The quantitative estimate of drug-likeness (QED) is 0.847. The molecule has 2 N–H and O–H groups in total. The lowest BCUT2D eigenvalue weighted by atomic mass is 10.0. The molecule has 0 spiro atoms. The predicted molar refractivity (Wildman–Crippen MR) is 86.7 cm³/mol. The number of aryl methyl sites for hydroxylation is 1. The van der Waals surface area contributed by atoms with Gasteiger partial charge in [-0.3, -0.25) is 9.59 Å². The van der Waals surface area contributed by atoms with E-state index in [1.807, 2.05) is 45.9 Å². The molecule has 1 aromatic rings. The van der Waals surface area contributed by atoms with E-state index >= 15 is 0 Å². The lowest BCUT2D eigenvalue weighted by Crippen LogP contribution is -2.49. The molecule has 22 heavy (non-hydrogen) atoms. The number of amides is 2. The molecule has 1 rings (SSSR count). The number of ether oxygens (including phenoxy) is 1. The predicted octanol–water partition coefficient (Wildman–Crippen LogP) is 2.34. The van der Waals surface area contributed by atoms with Crippen LogP contribution in [-0.2, 0) is 9.59 Å². The van der Waals surface area contributed by atoms with Crippen LogP contribution in [-0.4, -0.2) is 25.0 Å². The second kappa shape index (κ2) is 7.82. The van der Waals surface area contributed by atoms with E-state index in [4.69, 9.17) is 4.74 Å². The highest BCUT2D eigenvalue weighted by atomic mass is 16.5. The second-order valence-corrected chi connectivity index (χ2v) is 5.90. The van der Waals surface area contributed by atoms with Gasteiger partial charge in [0.2, 0.25) is 11.8 Å². The van der Waals surface area contributed by atoms with Crippen molar-refractivity contribution in [2.75, 3.05) is 7.11 Å². The van der Waals surface area contributed by atoms with Crippen molar-refractivity contribution in [3.63, 3.8) is 0 Å². The molecule has 122 valence electrons. The van der Waals surface area contributed by atoms with Crippen LogP contribution in [0.3, 0.4) is 0 Å². The maximum absolute atomic E-state index is 12.4. The molecule has 5 nitrogen and oxygen atoms in total. The molecule has 0 aromatic heterocycles. The lowest BCUT2D eigenvalue weighted by Gasteiger charge is -2.24. The Balaban J connectivity index is 2.90. The number of methoxy groups -OCH3 is 1. The summed E-state index contributed by atoms with van der Waals surface area (Å²) >= 11 is 0. The van der Waals surface area contributed by atoms with Crippen molar-refractivity contribution < 1.29 is 14.3 Å². The van der Waals surface area contributed by atoms with E-state index in [1.165, 1.54) is 6.92 Å². The maximum atomic E-state index is 12.4. The Bertz CT molecular complexity index is 541. The van der Waals surface area contributed by atoms with E-state index in [1.54, 1.807) is 7.11 Å². The van der Waals surface area contributed by atoms with Gasteiger partial charge >= 0.3 is 0 Å². The number of rotatable bonds is 6. The number of nitrogens with one attached hydrogen (secondary N) is 2. The lowest BCUT2D eigenvalue weighted by molar-refractivity contribution is -0.129. The molecule has 5 heteroatoms. The monoisotopic (exact) mass is 306 g/mol. The van der Waals surface area contributed by atoms with E-state index in [2.05, 4.69) is 10.6 Å². The molecular formula is C17H26N2O3. The van der Waals surface area contributed by atoms with Crippen LogP contribution in [0.1, 0.15) is 44.9 Å². The Morgan fingerprint density at radius 2 is 1.77 bits per heavy atom. The molecule has 1 aromatic carbocycles. The van der Waals surface area contributed by atoms with Gasteiger partial charge < -0.3 is 15.4 Å². The maximum Gasteiger partial charge on any atom is 0.243 e. The van der Waals surface area contributed by atoms with Crippen molar-refractivity contribution in [1.29, 1.82) is 0 Å². The summed E-state index contributed by atoms with van der Waals surface area (Å²) in [6.07, 6.45) is 0. The highest BCUT2D eigenvalue weighted by molar-refractivity contribution is 5.87. The van der Waals surface area contributed by atoms with Crippen LogP contribution < -0.4 is 15.4 Å². The molecule has 0 fully saturated rings. The zero-order valence-electron chi connectivity index (χ0n) is 14.2. The Morgan fingerprint density at radius 3 is 2.27 bits per heavy atom. The molecular weight excluding hydrogens is 280 g/mol. The van der Waals surface area contributed by atoms with Crippen LogP contribution in [0, 0.1) is 12.8 Å². The second-order valence-electron chi connectivity index (χ2n) is 5.90. The van der Waals surface area contributed by atoms with Crippen molar-refractivity contribution in [3.8, 4) is 5.75 Å². The van der Waals surface area contributed by atoms with Crippen LogP contribution in [0.25, 0.3) is 0 Å². The smallest absolute Gasteiger partial charge is 0.243 e. The topological polar surface area (TPSA) is 67.4 Å². The van der Waals surface area contributed by atoms with Crippen LogP contribution in [0.5, 0.6) is 5.75 Å². The van der Waals surface area contributed by atoms with Gasteiger partial charge in [-0.05, 0) is 25.8 Å². The molecule has 0 aliphatic carbocycles. The molecule has 2 atom stereocenters. The normalized spacial score (nSPS) is 13.4. The van der Waals surface area contributed by atoms with Crippen molar-refractivity contribution in [2.45, 2.75) is 46.7 Å². The molecule has 0 unspecified atom stereocenters.